The first kappa shape index (κ1) is 10.5. The van der Waals surface area contributed by atoms with Crippen molar-refractivity contribution in [2.24, 2.45) is 0 Å². The SMILES string of the molecule is [CH2-]Oc1ccc(CC)cc1.[Co]. The molecule has 63 valence electrons. The minimum atomic E-state index is 0. The number of ether oxygens (including phenoxy) is 1. The Kier molecular flexibility index (Phi) is 4.99. The van der Waals surface area contributed by atoms with Gasteiger partial charge >= 0.3 is 0 Å². The van der Waals surface area contributed by atoms with Crippen LogP contribution < -0.4 is 4.74 Å². The van der Waals surface area contributed by atoms with E-state index in [9.17, 15) is 0 Å². The maximum Gasteiger partial charge on any atom is 0.0843 e. The summed E-state index contributed by atoms with van der Waals surface area (Å²) in [5.74, 6) is 0.817. The predicted molar refractivity (Wildman–Crippen MR) is 41.8 cm³/mol. The Balaban J connectivity index is 0.000001000. The van der Waals surface area contributed by atoms with Crippen molar-refractivity contribution in [3.8, 4) is 5.75 Å². The molecule has 1 aromatic carbocycles. The van der Waals surface area contributed by atoms with E-state index in [0.29, 0.717) is 0 Å². The Labute approximate surface area is 78.0 Å². The topological polar surface area (TPSA) is 9.23 Å². The van der Waals surface area contributed by atoms with E-state index in [2.05, 4.69) is 14.0 Å². The first-order chi connectivity index (χ1) is 4.86. The van der Waals surface area contributed by atoms with Crippen LogP contribution in [0.15, 0.2) is 24.3 Å². The molecule has 1 radical (unpaired) electrons. The van der Waals surface area contributed by atoms with Gasteiger partial charge in [-0.3, -0.25) is 0 Å². The van der Waals surface area contributed by atoms with E-state index in [1.807, 2.05) is 24.3 Å². The third kappa shape index (κ3) is 2.95. The molecule has 1 aromatic rings. The summed E-state index contributed by atoms with van der Waals surface area (Å²) < 4.78 is 4.76. The average Bonchev–Trinajstić information content (AvgIpc) is 2.05. The second-order valence-electron chi connectivity index (χ2n) is 2.14. The molecule has 2 heteroatoms. The van der Waals surface area contributed by atoms with Crippen LogP contribution in [0.1, 0.15) is 12.5 Å². The number of hydrogen-bond donors (Lipinski definition) is 0. The molecule has 0 amide bonds. The van der Waals surface area contributed by atoms with Gasteiger partial charge in [0.2, 0.25) is 0 Å². The van der Waals surface area contributed by atoms with Crippen molar-refractivity contribution in [3.63, 3.8) is 0 Å². The fourth-order valence-corrected chi connectivity index (χ4v) is 0.821. The zero-order chi connectivity index (χ0) is 7.40. The molecular weight excluding hydrogens is 183 g/mol. The van der Waals surface area contributed by atoms with Crippen molar-refractivity contribution in [1.29, 1.82) is 0 Å². The molecule has 0 fully saturated rings. The van der Waals surface area contributed by atoms with Crippen LogP contribution in [0.4, 0.5) is 0 Å². The summed E-state index contributed by atoms with van der Waals surface area (Å²) >= 11 is 0. The van der Waals surface area contributed by atoms with Crippen LogP contribution in [-0.2, 0) is 23.2 Å². The first-order valence-electron chi connectivity index (χ1n) is 3.37. The molecule has 1 nitrogen and oxygen atoms in total. The van der Waals surface area contributed by atoms with Gasteiger partial charge in [-0.2, -0.15) is 7.11 Å². The van der Waals surface area contributed by atoms with E-state index >= 15 is 0 Å². The molecule has 0 heterocycles. The molecule has 0 aliphatic heterocycles. The van der Waals surface area contributed by atoms with Crippen molar-refractivity contribution in [2.75, 3.05) is 0 Å². The van der Waals surface area contributed by atoms with E-state index in [-0.39, 0.29) is 16.8 Å². The Bertz CT molecular complexity index is 170. The smallest absolute Gasteiger partial charge is 0.0843 e. The van der Waals surface area contributed by atoms with Crippen molar-refractivity contribution in [1.82, 2.24) is 0 Å². The molecular formula is C9H11CoO-. The predicted octanol–water partition coefficient (Wildman–Crippen LogP) is 2.42. The minimum Gasteiger partial charge on any atom is -0.665 e. The van der Waals surface area contributed by atoms with Crippen molar-refractivity contribution in [3.05, 3.63) is 36.9 Å². The molecule has 0 N–H and O–H groups in total. The molecule has 1 rings (SSSR count). The van der Waals surface area contributed by atoms with Gasteiger partial charge in [-0.15, -0.1) is 0 Å². The fraction of sp³-hybridized carbons (Fsp3) is 0.222. The standard InChI is InChI=1S/C9H11O.Co/c1-3-8-4-6-9(10-2)7-5-8;/h4-7H,2-3H2,1H3;/q-1;. The quantitative estimate of drug-likeness (QED) is 0.657. The number of benzene rings is 1. The normalized spacial score (nSPS) is 8.55. The Hall–Kier alpha value is -0.474. The van der Waals surface area contributed by atoms with E-state index in [1.165, 1.54) is 5.56 Å². The van der Waals surface area contributed by atoms with E-state index < -0.39 is 0 Å². The van der Waals surface area contributed by atoms with E-state index in [4.69, 9.17) is 4.74 Å². The Morgan fingerprint density at radius 3 is 2.18 bits per heavy atom. The van der Waals surface area contributed by atoms with Gasteiger partial charge < -0.3 is 4.74 Å². The molecule has 0 aliphatic rings. The van der Waals surface area contributed by atoms with Gasteiger partial charge in [-0.1, -0.05) is 19.1 Å². The first-order valence-corrected chi connectivity index (χ1v) is 3.37. The zero-order valence-corrected chi connectivity index (χ0v) is 7.51. The van der Waals surface area contributed by atoms with E-state index in [0.717, 1.165) is 12.2 Å². The summed E-state index contributed by atoms with van der Waals surface area (Å²) in [6, 6.07) is 7.93. The van der Waals surface area contributed by atoms with Crippen LogP contribution in [0, 0.1) is 7.11 Å². The fourth-order valence-electron chi connectivity index (χ4n) is 0.821. The number of aryl methyl sites for hydroxylation is 1. The van der Waals surface area contributed by atoms with Gasteiger partial charge in [0.15, 0.2) is 0 Å². The van der Waals surface area contributed by atoms with Gasteiger partial charge in [0.1, 0.15) is 0 Å². The minimum absolute atomic E-state index is 0. The summed E-state index contributed by atoms with van der Waals surface area (Å²) in [5, 5.41) is 0. The molecule has 0 spiro atoms. The monoisotopic (exact) mass is 194 g/mol. The summed E-state index contributed by atoms with van der Waals surface area (Å²) in [7, 11) is 3.31. The molecule has 0 aliphatic carbocycles. The molecule has 0 bridgehead atoms. The Morgan fingerprint density at radius 1 is 1.27 bits per heavy atom. The molecule has 0 unspecified atom stereocenters. The van der Waals surface area contributed by atoms with Crippen LogP contribution >= 0.6 is 0 Å². The number of rotatable bonds is 2. The summed E-state index contributed by atoms with van der Waals surface area (Å²) in [6.45, 7) is 2.13. The van der Waals surface area contributed by atoms with E-state index in [1.54, 1.807) is 0 Å². The summed E-state index contributed by atoms with van der Waals surface area (Å²) in [4.78, 5) is 0. The Morgan fingerprint density at radius 2 is 1.82 bits per heavy atom. The zero-order valence-electron chi connectivity index (χ0n) is 6.47. The maximum absolute atomic E-state index is 4.76. The summed E-state index contributed by atoms with van der Waals surface area (Å²) in [5.41, 5.74) is 1.32. The molecule has 0 aromatic heterocycles. The maximum atomic E-state index is 4.76. The third-order valence-corrected chi connectivity index (χ3v) is 1.50. The van der Waals surface area contributed by atoms with Crippen LogP contribution in [0.2, 0.25) is 0 Å². The average molecular weight is 194 g/mol. The third-order valence-electron chi connectivity index (χ3n) is 1.50. The van der Waals surface area contributed by atoms with Crippen molar-refractivity contribution in [2.45, 2.75) is 13.3 Å². The van der Waals surface area contributed by atoms with Crippen LogP contribution in [0.3, 0.4) is 0 Å². The van der Waals surface area contributed by atoms with Crippen molar-refractivity contribution >= 4 is 0 Å². The molecule has 11 heavy (non-hydrogen) atoms. The van der Waals surface area contributed by atoms with Crippen molar-refractivity contribution < 1.29 is 21.5 Å². The second-order valence-corrected chi connectivity index (χ2v) is 2.14. The van der Waals surface area contributed by atoms with Gasteiger partial charge in [0.05, 0.1) is 5.75 Å². The largest absolute Gasteiger partial charge is 0.665 e. The van der Waals surface area contributed by atoms with Crippen LogP contribution in [0.5, 0.6) is 5.75 Å². The van der Waals surface area contributed by atoms with Gasteiger partial charge in [0.25, 0.3) is 0 Å². The summed E-state index contributed by atoms with van der Waals surface area (Å²) in [6.07, 6.45) is 1.07. The molecule has 0 saturated heterocycles. The second kappa shape index (κ2) is 5.21. The number of hydrogen-bond acceptors (Lipinski definition) is 1. The van der Waals surface area contributed by atoms with Crippen LogP contribution in [-0.4, -0.2) is 0 Å². The molecule has 0 saturated carbocycles. The molecule has 0 atom stereocenters. The van der Waals surface area contributed by atoms with Gasteiger partial charge in [0, 0.05) is 16.8 Å². The van der Waals surface area contributed by atoms with Crippen LogP contribution in [0.25, 0.3) is 0 Å². The van der Waals surface area contributed by atoms with Gasteiger partial charge in [-0.25, -0.2) is 0 Å². The van der Waals surface area contributed by atoms with Gasteiger partial charge in [-0.05, 0) is 24.1 Å².